The average molecular weight is 358 g/mol. The molecule has 0 spiro atoms. The molecule has 2 aromatic carbocycles. The first-order chi connectivity index (χ1) is 9.10. The van der Waals surface area contributed by atoms with Crippen molar-refractivity contribution in [2.24, 2.45) is 10.9 Å². The highest BCUT2D eigenvalue weighted by atomic mass is 79.9. The van der Waals surface area contributed by atoms with Crippen LogP contribution >= 0.6 is 39.3 Å². The lowest BCUT2D eigenvalue weighted by Crippen LogP contribution is -2.14. The molecule has 98 valence electrons. The second-order valence-electron chi connectivity index (χ2n) is 3.68. The summed E-state index contributed by atoms with van der Waals surface area (Å²) in [6.07, 6.45) is 0. The van der Waals surface area contributed by atoms with Gasteiger partial charge in [0.15, 0.2) is 5.84 Å². The molecule has 0 saturated carbocycles. The summed E-state index contributed by atoms with van der Waals surface area (Å²) < 4.78 is 1.01. The van der Waals surface area contributed by atoms with Crippen LogP contribution in [0.5, 0.6) is 0 Å². The summed E-state index contributed by atoms with van der Waals surface area (Å²) in [7, 11) is 0. The van der Waals surface area contributed by atoms with Gasteiger partial charge in [0.2, 0.25) is 0 Å². The Labute approximate surface area is 128 Å². The quantitative estimate of drug-likeness (QED) is 0.371. The summed E-state index contributed by atoms with van der Waals surface area (Å²) in [5.41, 5.74) is 6.31. The van der Waals surface area contributed by atoms with Crippen LogP contribution in [0.2, 0.25) is 5.02 Å². The molecular formula is C13H10BrClN2OS. The number of nitrogens with two attached hydrogens (primary N) is 1. The van der Waals surface area contributed by atoms with Gasteiger partial charge in [-0.3, -0.25) is 0 Å². The molecule has 2 rings (SSSR count). The molecule has 0 atom stereocenters. The van der Waals surface area contributed by atoms with Crippen LogP contribution in [0.3, 0.4) is 0 Å². The summed E-state index contributed by atoms with van der Waals surface area (Å²) in [5, 5.41) is 12.4. The zero-order valence-corrected chi connectivity index (χ0v) is 12.8. The number of nitrogens with zero attached hydrogens (tertiary/aromatic N) is 1. The maximum atomic E-state index is 8.80. The van der Waals surface area contributed by atoms with Gasteiger partial charge in [-0.25, -0.2) is 0 Å². The van der Waals surface area contributed by atoms with Crippen molar-refractivity contribution in [2.75, 3.05) is 0 Å². The predicted octanol–water partition coefficient (Wildman–Crippen LogP) is 4.35. The third-order valence-corrected chi connectivity index (χ3v) is 4.20. The van der Waals surface area contributed by atoms with Crippen LogP contribution in [0.25, 0.3) is 0 Å². The third kappa shape index (κ3) is 3.65. The molecule has 6 heteroatoms. The highest BCUT2D eigenvalue weighted by molar-refractivity contribution is 9.10. The van der Waals surface area contributed by atoms with Crippen LogP contribution < -0.4 is 5.73 Å². The van der Waals surface area contributed by atoms with Gasteiger partial charge in [0.25, 0.3) is 0 Å². The van der Waals surface area contributed by atoms with E-state index in [0.717, 1.165) is 14.3 Å². The Kier molecular flexibility index (Phi) is 4.74. The summed E-state index contributed by atoms with van der Waals surface area (Å²) in [4.78, 5) is 1.88. The molecule has 0 aliphatic heterocycles. The normalized spacial score (nSPS) is 11.6. The van der Waals surface area contributed by atoms with Crippen molar-refractivity contribution in [3.8, 4) is 0 Å². The van der Waals surface area contributed by atoms with Crippen molar-refractivity contribution < 1.29 is 5.21 Å². The van der Waals surface area contributed by atoms with E-state index in [4.69, 9.17) is 22.5 Å². The number of oxime groups is 1. The molecule has 0 aliphatic rings. The Balaban J connectivity index is 2.38. The molecule has 0 amide bonds. The molecule has 0 radical (unpaired) electrons. The number of amidine groups is 1. The average Bonchev–Trinajstić information content (AvgIpc) is 2.41. The Hall–Kier alpha value is -1.17. The number of rotatable bonds is 3. The van der Waals surface area contributed by atoms with Gasteiger partial charge in [-0.05, 0) is 42.5 Å². The topological polar surface area (TPSA) is 58.6 Å². The van der Waals surface area contributed by atoms with E-state index in [-0.39, 0.29) is 5.84 Å². The molecule has 0 heterocycles. The number of hydrogen-bond donors (Lipinski definition) is 2. The second-order valence-corrected chi connectivity index (χ2v) is 6.15. The van der Waals surface area contributed by atoms with E-state index in [1.165, 1.54) is 11.8 Å². The minimum atomic E-state index is 0.0660. The Morgan fingerprint density at radius 1 is 1.21 bits per heavy atom. The van der Waals surface area contributed by atoms with Crippen molar-refractivity contribution in [1.29, 1.82) is 0 Å². The lowest BCUT2D eigenvalue weighted by atomic mass is 10.2. The Morgan fingerprint density at radius 2 is 1.89 bits per heavy atom. The fraction of sp³-hybridized carbons (Fsp3) is 0. The molecule has 0 aliphatic carbocycles. The van der Waals surface area contributed by atoms with Crippen molar-refractivity contribution >= 4 is 45.1 Å². The molecule has 19 heavy (non-hydrogen) atoms. The maximum Gasteiger partial charge on any atom is 0.171 e. The summed E-state index contributed by atoms with van der Waals surface area (Å²) in [6.45, 7) is 0. The lowest BCUT2D eigenvalue weighted by Gasteiger charge is -2.08. The van der Waals surface area contributed by atoms with Gasteiger partial charge in [0.1, 0.15) is 0 Å². The molecule has 0 fully saturated rings. The first kappa shape index (κ1) is 14.2. The molecule has 2 aromatic rings. The van der Waals surface area contributed by atoms with Crippen LogP contribution in [0.1, 0.15) is 5.56 Å². The fourth-order valence-corrected chi connectivity index (χ4v) is 2.97. The standard InChI is InChI=1S/C13H10BrClN2OS/c14-8-1-4-10(5-2-8)19-12-7-9(15)3-6-11(12)13(16)17-18/h1-7,18H,(H2,16,17). The van der Waals surface area contributed by atoms with Gasteiger partial charge in [0, 0.05) is 24.8 Å². The Bertz CT molecular complexity index is 617. The zero-order chi connectivity index (χ0) is 13.8. The summed E-state index contributed by atoms with van der Waals surface area (Å²) >= 11 is 10.9. The van der Waals surface area contributed by atoms with E-state index in [1.807, 2.05) is 24.3 Å². The van der Waals surface area contributed by atoms with E-state index < -0.39 is 0 Å². The van der Waals surface area contributed by atoms with Gasteiger partial charge in [-0.15, -0.1) is 0 Å². The summed E-state index contributed by atoms with van der Waals surface area (Å²) in [5.74, 6) is 0.0660. The van der Waals surface area contributed by atoms with E-state index in [0.29, 0.717) is 10.6 Å². The zero-order valence-electron chi connectivity index (χ0n) is 9.68. The minimum absolute atomic E-state index is 0.0660. The van der Waals surface area contributed by atoms with E-state index in [2.05, 4.69) is 21.1 Å². The largest absolute Gasteiger partial charge is 0.409 e. The van der Waals surface area contributed by atoms with E-state index in [1.54, 1.807) is 18.2 Å². The third-order valence-electron chi connectivity index (χ3n) is 2.37. The maximum absolute atomic E-state index is 8.80. The van der Waals surface area contributed by atoms with Crippen LogP contribution in [-0.4, -0.2) is 11.0 Å². The van der Waals surface area contributed by atoms with Gasteiger partial charge in [0.05, 0.1) is 0 Å². The van der Waals surface area contributed by atoms with Crippen molar-refractivity contribution in [3.63, 3.8) is 0 Å². The number of halogens is 2. The second kappa shape index (κ2) is 6.32. The molecular weight excluding hydrogens is 348 g/mol. The first-order valence-corrected chi connectivity index (χ1v) is 7.30. The van der Waals surface area contributed by atoms with Crippen molar-refractivity contribution in [3.05, 3.63) is 57.5 Å². The van der Waals surface area contributed by atoms with Gasteiger partial charge in [-0.2, -0.15) is 0 Å². The summed E-state index contributed by atoms with van der Waals surface area (Å²) in [6, 6.07) is 13.1. The first-order valence-electron chi connectivity index (χ1n) is 5.31. The Morgan fingerprint density at radius 3 is 2.53 bits per heavy atom. The van der Waals surface area contributed by atoms with Crippen molar-refractivity contribution in [2.45, 2.75) is 9.79 Å². The van der Waals surface area contributed by atoms with Gasteiger partial charge >= 0.3 is 0 Å². The molecule has 0 saturated heterocycles. The van der Waals surface area contributed by atoms with Crippen LogP contribution in [-0.2, 0) is 0 Å². The predicted molar refractivity (Wildman–Crippen MR) is 82.2 cm³/mol. The van der Waals surface area contributed by atoms with Crippen LogP contribution in [0, 0.1) is 0 Å². The monoisotopic (exact) mass is 356 g/mol. The fourth-order valence-electron chi connectivity index (χ4n) is 1.48. The van der Waals surface area contributed by atoms with Crippen LogP contribution in [0.15, 0.2) is 61.9 Å². The highest BCUT2D eigenvalue weighted by Gasteiger charge is 2.09. The molecule has 3 nitrogen and oxygen atoms in total. The van der Waals surface area contributed by atoms with E-state index >= 15 is 0 Å². The van der Waals surface area contributed by atoms with E-state index in [9.17, 15) is 0 Å². The number of benzene rings is 2. The van der Waals surface area contributed by atoms with Gasteiger partial charge in [-0.1, -0.05) is 44.4 Å². The highest BCUT2D eigenvalue weighted by Crippen LogP contribution is 2.33. The molecule has 0 aromatic heterocycles. The van der Waals surface area contributed by atoms with Crippen molar-refractivity contribution in [1.82, 2.24) is 0 Å². The smallest absolute Gasteiger partial charge is 0.171 e. The van der Waals surface area contributed by atoms with Crippen LogP contribution in [0.4, 0.5) is 0 Å². The minimum Gasteiger partial charge on any atom is -0.409 e. The molecule has 0 bridgehead atoms. The number of hydrogen-bond acceptors (Lipinski definition) is 3. The molecule has 0 unspecified atom stereocenters. The van der Waals surface area contributed by atoms with Gasteiger partial charge < -0.3 is 10.9 Å². The molecule has 3 N–H and O–H groups in total. The SMILES string of the molecule is NC(=NO)c1ccc(Cl)cc1Sc1ccc(Br)cc1. The lowest BCUT2D eigenvalue weighted by molar-refractivity contribution is 0.318.